The molecule has 5 nitrogen and oxygen atoms in total. The quantitative estimate of drug-likeness (QED) is 0.800. The largest absolute Gasteiger partial charge is 0.481 e. The van der Waals surface area contributed by atoms with Gasteiger partial charge in [-0.05, 0) is 45.1 Å². The van der Waals surface area contributed by atoms with Crippen LogP contribution in [0.15, 0.2) is 0 Å². The minimum absolute atomic E-state index is 0.248. The summed E-state index contributed by atoms with van der Waals surface area (Å²) in [5.41, 5.74) is -0.660. The zero-order valence-corrected chi connectivity index (χ0v) is 12.1. The molecule has 0 aromatic rings. The summed E-state index contributed by atoms with van der Waals surface area (Å²) < 4.78 is 0. The Balaban J connectivity index is 1.51. The number of aliphatic carboxylic acids is 1. The first-order chi connectivity index (χ1) is 9.56. The van der Waals surface area contributed by atoms with Crippen molar-refractivity contribution in [2.24, 2.45) is 5.92 Å². The van der Waals surface area contributed by atoms with Crippen molar-refractivity contribution in [2.45, 2.75) is 50.2 Å². The molecule has 2 N–H and O–H groups in total. The number of hydrogen-bond donors (Lipinski definition) is 2. The summed E-state index contributed by atoms with van der Waals surface area (Å²) in [6.45, 7) is 5.21. The van der Waals surface area contributed by atoms with Gasteiger partial charge in [0, 0.05) is 32.2 Å². The molecule has 0 bridgehead atoms. The highest BCUT2D eigenvalue weighted by Crippen LogP contribution is 2.33. The molecule has 0 radical (unpaired) electrons. The molecule has 0 aromatic heterocycles. The molecule has 1 aliphatic carbocycles. The Kier molecular flexibility index (Phi) is 4.02. The molecule has 2 aliphatic heterocycles. The molecule has 114 valence electrons. The van der Waals surface area contributed by atoms with E-state index in [1.165, 1.54) is 19.4 Å². The van der Waals surface area contributed by atoms with Crippen LogP contribution in [0.1, 0.15) is 38.5 Å². The van der Waals surface area contributed by atoms with E-state index in [4.69, 9.17) is 5.11 Å². The number of rotatable bonds is 3. The maximum Gasteiger partial charge on any atom is 0.306 e. The number of aliphatic hydroxyl groups is 1. The zero-order valence-electron chi connectivity index (χ0n) is 12.1. The predicted octanol–water partition coefficient (Wildman–Crippen LogP) is 0.772. The first kappa shape index (κ1) is 14.3. The Morgan fingerprint density at radius 3 is 2.60 bits per heavy atom. The summed E-state index contributed by atoms with van der Waals surface area (Å²) >= 11 is 0. The van der Waals surface area contributed by atoms with E-state index in [-0.39, 0.29) is 5.92 Å². The molecule has 5 heteroatoms. The molecular formula is C15H26N2O3. The Hall–Kier alpha value is -0.650. The van der Waals surface area contributed by atoms with Gasteiger partial charge in [-0.1, -0.05) is 0 Å². The second-order valence-corrected chi connectivity index (χ2v) is 6.90. The van der Waals surface area contributed by atoms with Gasteiger partial charge in [-0.3, -0.25) is 14.6 Å². The van der Waals surface area contributed by atoms with Crippen LogP contribution in [0, 0.1) is 5.92 Å². The summed E-state index contributed by atoms with van der Waals surface area (Å²) in [5.74, 6) is -0.950. The van der Waals surface area contributed by atoms with E-state index in [1.54, 1.807) is 0 Å². The van der Waals surface area contributed by atoms with Gasteiger partial charge in [-0.15, -0.1) is 0 Å². The Bertz CT molecular complexity index is 366. The van der Waals surface area contributed by atoms with Crippen molar-refractivity contribution >= 4 is 5.97 Å². The van der Waals surface area contributed by atoms with Crippen LogP contribution in [0.2, 0.25) is 0 Å². The molecule has 3 aliphatic rings. The highest BCUT2D eigenvalue weighted by atomic mass is 16.4. The van der Waals surface area contributed by atoms with Crippen molar-refractivity contribution in [2.75, 3.05) is 32.7 Å². The van der Waals surface area contributed by atoms with Crippen LogP contribution in [0.4, 0.5) is 0 Å². The van der Waals surface area contributed by atoms with Crippen molar-refractivity contribution in [1.82, 2.24) is 9.80 Å². The van der Waals surface area contributed by atoms with Gasteiger partial charge in [0.05, 0.1) is 11.5 Å². The molecule has 0 aromatic carbocycles. The fraction of sp³-hybridized carbons (Fsp3) is 0.933. The van der Waals surface area contributed by atoms with Crippen LogP contribution in [-0.2, 0) is 4.79 Å². The molecule has 2 heterocycles. The lowest BCUT2D eigenvalue weighted by Crippen LogP contribution is -2.55. The van der Waals surface area contributed by atoms with E-state index < -0.39 is 11.6 Å². The van der Waals surface area contributed by atoms with Crippen molar-refractivity contribution in [1.29, 1.82) is 0 Å². The maximum absolute atomic E-state index is 11.0. The highest BCUT2D eigenvalue weighted by molar-refractivity contribution is 5.70. The van der Waals surface area contributed by atoms with Gasteiger partial charge in [0.15, 0.2) is 0 Å². The Labute approximate surface area is 120 Å². The monoisotopic (exact) mass is 282 g/mol. The fourth-order valence-corrected chi connectivity index (χ4v) is 4.18. The van der Waals surface area contributed by atoms with E-state index in [1.807, 2.05) is 0 Å². The Morgan fingerprint density at radius 1 is 1.15 bits per heavy atom. The molecule has 0 amide bonds. The van der Waals surface area contributed by atoms with E-state index in [0.717, 1.165) is 26.2 Å². The van der Waals surface area contributed by atoms with Gasteiger partial charge in [0.1, 0.15) is 0 Å². The SMILES string of the molecule is O=C(O)C1CCC(O)(CN2CCN3CCCC3C2)CC1. The second-order valence-electron chi connectivity index (χ2n) is 6.90. The lowest BCUT2D eigenvalue weighted by molar-refractivity contribution is -0.145. The third kappa shape index (κ3) is 3.00. The normalized spacial score (nSPS) is 39.6. The lowest BCUT2D eigenvalue weighted by Gasteiger charge is -2.43. The molecule has 2 saturated heterocycles. The average Bonchev–Trinajstić information content (AvgIpc) is 2.86. The third-order valence-electron chi connectivity index (χ3n) is 5.45. The highest BCUT2D eigenvalue weighted by Gasteiger charge is 2.39. The van der Waals surface area contributed by atoms with E-state index in [2.05, 4.69) is 9.80 Å². The number of fused-ring (bicyclic) bond motifs is 1. The summed E-state index contributed by atoms with van der Waals surface area (Å²) in [7, 11) is 0. The van der Waals surface area contributed by atoms with E-state index >= 15 is 0 Å². The summed E-state index contributed by atoms with van der Waals surface area (Å²) in [5, 5.41) is 19.8. The molecule has 1 saturated carbocycles. The number of β-amino-alcohol motifs (C(OH)–C–C–N with tert-alkyl or cyclic N) is 1. The van der Waals surface area contributed by atoms with Crippen LogP contribution in [0.25, 0.3) is 0 Å². The Morgan fingerprint density at radius 2 is 1.90 bits per heavy atom. The van der Waals surface area contributed by atoms with Gasteiger partial charge < -0.3 is 10.2 Å². The fourth-order valence-electron chi connectivity index (χ4n) is 4.18. The van der Waals surface area contributed by atoms with Gasteiger partial charge in [-0.2, -0.15) is 0 Å². The van der Waals surface area contributed by atoms with Crippen molar-refractivity contribution in [3.05, 3.63) is 0 Å². The van der Waals surface area contributed by atoms with Crippen LogP contribution < -0.4 is 0 Å². The number of nitrogens with zero attached hydrogens (tertiary/aromatic N) is 2. The molecular weight excluding hydrogens is 256 g/mol. The van der Waals surface area contributed by atoms with Crippen LogP contribution in [0.3, 0.4) is 0 Å². The van der Waals surface area contributed by atoms with E-state index in [0.29, 0.717) is 31.7 Å². The van der Waals surface area contributed by atoms with Crippen molar-refractivity contribution < 1.29 is 15.0 Å². The van der Waals surface area contributed by atoms with Crippen LogP contribution in [-0.4, -0.2) is 70.3 Å². The topological polar surface area (TPSA) is 64.0 Å². The summed E-state index contributed by atoms with van der Waals surface area (Å²) in [6.07, 6.45) is 5.10. The minimum Gasteiger partial charge on any atom is -0.481 e. The summed E-state index contributed by atoms with van der Waals surface area (Å²) in [4.78, 5) is 16.0. The summed E-state index contributed by atoms with van der Waals surface area (Å²) in [6, 6.07) is 0.683. The first-order valence-electron chi connectivity index (χ1n) is 7.97. The minimum atomic E-state index is -0.702. The van der Waals surface area contributed by atoms with Gasteiger partial charge in [0.2, 0.25) is 0 Å². The van der Waals surface area contributed by atoms with Gasteiger partial charge in [-0.25, -0.2) is 0 Å². The number of carboxylic acid groups (broad SMARTS) is 1. The van der Waals surface area contributed by atoms with Crippen molar-refractivity contribution in [3.8, 4) is 0 Å². The molecule has 3 rings (SSSR count). The molecule has 1 atom stereocenters. The second kappa shape index (κ2) is 5.62. The van der Waals surface area contributed by atoms with Gasteiger partial charge in [0.25, 0.3) is 0 Å². The lowest BCUT2D eigenvalue weighted by atomic mass is 9.78. The smallest absolute Gasteiger partial charge is 0.306 e. The zero-order chi connectivity index (χ0) is 14.2. The number of carboxylic acids is 1. The third-order valence-corrected chi connectivity index (χ3v) is 5.45. The number of piperazine rings is 1. The van der Waals surface area contributed by atoms with E-state index in [9.17, 15) is 9.90 Å². The predicted molar refractivity (Wildman–Crippen MR) is 75.6 cm³/mol. The van der Waals surface area contributed by atoms with Gasteiger partial charge >= 0.3 is 5.97 Å². The van der Waals surface area contributed by atoms with Crippen LogP contribution in [0.5, 0.6) is 0 Å². The molecule has 20 heavy (non-hydrogen) atoms. The first-order valence-corrected chi connectivity index (χ1v) is 7.97. The molecule has 0 spiro atoms. The molecule has 1 unspecified atom stereocenters. The average molecular weight is 282 g/mol. The molecule has 3 fully saturated rings. The number of carbonyl (C=O) groups is 1. The van der Waals surface area contributed by atoms with Crippen LogP contribution >= 0.6 is 0 Å². The number of hydrogen-bond acceptors (Lipinski definition) is 4. The standard InChI is InChI=1S/C15H26N2O3/c18-14(19)12-3-5-15(20,6-4-12)11-16-8-9-17-7-1-2-13(17)10-16/h12-13,20H,1-11H2,(H,18,19). The van der Waals surface area contributed by atoms with Crippen molar-refractivity contribution in [3.63, 3.8) is 0 Å². The maximum atomic E-state index is 11.0.